The summed E-state index contributed by atoms with van der Waals surface area (Å²) in [5, 5.41) is 3.54. The van der Waals surface area contributed by atoms with Gasteiger partial charge in [0.1, 0.15) is 5.82 Å². The van der Waals surface area contributed by atoms with Crippen molar-refractivity contribution in [1.82, 2.24) is 10.3 Å². The Kier molecular flexibility index (Phi) is 5.52. The van der Waals surface area contributed by atoms with Gasteiger partial charge in [-0.3, -0.25) is 4.98 Å². The number of nitrogens with one attached hydrogen (secondary N) is 1. The van der Waals surface area contributed by atoms with Gasteiger partial charge in [0, 0.05) is 6.20 Å². The Morgan fingerprint density at radius 1 is 1.32 bits per heavy atom. The van der Waals surface area contributed by atoms with Gasteiger partial charge >= 0.3 is 0 Å². The molecule has 0 radical (unpaired) electrons. The molecule has 0 amide bonds. The van der Waals surface area contributed by atoms with Gasteiger partial charge in [0.15, 0.2) is 0 Å². The standard InChI is InChI=1S/C16H23FN2/c1-2-9-19-16(13-7-5-3-4-6-8-13)14-10-15(17)12-18-11-14/h7,10-12,16,19H,2-6,8-9H2,1H3. The highest BCUT2D eigenvalue weighted by atomic mass is 19.1. The highest BCUT2D eigenvalue weighted by Crippen LogP contribution is 2.29. The third-order valence-corrected chi connectivity index (χ3v) is 3.60. The van der Waals surface area contributed by atoms with Gasteiger partial charge in [0.2, 0.25) is 0 Å². The molecule has 3 heteroatoms. The van der Waals surface area contributed by atoms with Crippen LogP contribution in [0.15, 0.2) is 30.1 Å². The number of aromatic nitrogens is 1. The summed E-state index contributed by atoms with van der Waals surface area (Å²) in [6.45, 7) is 3.09. The molecule has 19 heavy (non-hydrogen) atoms. The second-order valence-electron chi connectivity index (χ2n) is 5.20. The van der Waals surface area contributed by atoms with Gasteiger partial charge < -0.3 is 5.32 Å². The summed E-state index contributed by atoms with van der Waals surface area (Å²) in [4.78, 5) is 3.99. The molecule has 1 aliphatic rings. The van der Waals surface area contributed by atoms with Gasteiger partial charge in [-0.15, -0.1) is 0 Å². The van der Waals surface area contributed by atoms with Crippen molar-refractivity contribution in [3.63, 3.8) is 0 Å². The van der Waals surface area contributed by atoms with E-state index >= 15 is 0 Å². The van der Waals surface area contributed by atoms with Crippen LogP contribution in [0.25, 0.3) is 0 Å². The molecule has 0 aliphatic heterocycles. The monoisotopic (exact) mass is 262 g/mol. The smallest absolute Gasteiger partial charge is 0.141 e. The van der Waals surface area contributed by atoms with Gasteiger partial charge in [-0.2, -0.15) is 0 Å². The van der Waals surface area contributed by atoms with E-state index in [1.54, 1.807) is 12.3 Å². The van der Waals surface area contributed by atoms with Crippen LogP contribution < -0.4 is 5.32 Å². The predicted molar refractivity (Wildman–Crippen MR) is 76.4 cm³/mol. The SMILES string of the molecule is CCCNC(C1=CCCCCC1)c1cncc(F)c1. The lowest BCUT2D eigenvalue weighted by Gasteiger charge is -2.22. The Morgan fingerprint density at radius 3 is 3.00 bits per heavy atom. The number of allylic oxidation sites excluding steroid dienone is 1. The molecule has 0 bridgehead atoms. The molecule has 1 atom stereocenters. The molecule has 2 nitrogen and oxygen atoms in total. The average Bonchev–Trinajstić information content (AvgIpc) is 2.68. The van der Waals surface area contributed by atoms with Crippen LogP contribution in [0.4, 0.5) is 4.39 Å². The van der Waals surface area contributed by atoms with Crippen molar-refractivity contribution < 1.29 is 4.39 Å². The van der Waals surface area contributed by atoms with Crippen molar-refractivity contribution in [2.45, 2.75) is 51.5 Å². The maximum absolute atomic E-state index is 13.4. The van der Waals surface area contributed by atoms with Crippen LogP contribution in [0.2, 0.25) is 0 Å². The first-order valence-electron chi connectivity index (χ1n) is 7.34. The average molecular weight is 262 g/mol. The van der Waals surface area contributed by atoms with Crippen LogP contribution in [0.5, 0.6) is 0 Å². The lowest BCUT2D eigenvalue weighted by molar-refractivity contribution is 0.556. The molecule has 0 fully saturated rings. The van der Waals surface area contributed by atoms with Crippen LogP contribution in [-0.4, -0.2) is 11.5 Å². The number of hydrogen-bond donors (Lipinski definition) is 1. The maximum Gasteiger partial charge on any atom is 0.141 e. The van der Waals surface area contributed by atoms with E-state index in [0.717, 1.165) is 31.4 Å². The molecule has 104 valence electrons. The molecule has 1 heterocycles. The van der Waals surface area contributed by atoms with E-state index in [0.29, 0.717) is 0 Å². The first-order chi connectivity index (χ1) is 9.31. The number of pyridine rings is 1. The van der Waals surface area contributed by atoms with E-state index in [9.17, 15) is 4.39 Å². The lowest BCUT2D eigenvalue weighted by atomic mass is 9.96. The number of rotatable bonds is 5. The van der Waals surface area contributed by atoms with Gasteiger partial charge in [0.05, 0.1) is 12.2 Å². The molecule has 2 rings (SSSR count). The molecule has 1 aromatic rings. The highest BCUT2D eigenvalue weighted by molar-refractivity contribution is 5.26. The molecule has 0 saturated carbocycles. The van der Waals surface area contributed by atoms with Crippen molar-refractivity contribution >= 4 is 0 Å². The highest BCUT2D eigenvalue weighted by Gasteiger charge is 2.17. The van der Waals surface area contributed by atoms with Gasteiger partial charge in [-0.05, 0) is 50.3 Å². The summed E-state index contributed by atoms with van der Waals surface area (Å²) in [7, 11) is 0. The summed E-state index contributed by atoms with van der Waals surface area (Å²) < 4.78 is 13.4. The first-order valence-corrected chi connectivity index (χ1v) is 7.34. The number of halogens is 1. The Balaban J connectivity index is 2.21. The van der Waals surface area contributed by atoms with E-state index in [-0.39, 0.29) is 11.9 Å². The Hall–Kier alpha value is -1.22. The van der Waals surface area contributed by atoms with Crippen molar-refractivity contribution in [2.24, 2.45) is 0 Å². The number of hydrogen-bond acceptors (Lipinski definition) is 2. The minimum atomic E-state index is -0.255. The predicted octanol–water partition coefficient (Wildman–Crippen LogP) is 4.15. The van der Waals surface area contributed by atoms with Crippen molar-refractivity contribution in [1.29, 1.82) is 0 Å². The fourth-order valence-corrected chi connectivity index (χ4v) is 2.64. The minimum absolute atomic E-state index is 0.126. The second kappa shape index (κ2) is 7.39. The van der Waals surface area contributed by atoms with E-state index < -0.39 is 0 Å². The molecule has 1 aromatic heterocycles. The summed E-state index contributed by atoms with van der Waals surface area (Å²) in [6, 6.07) is 1.73. The topological polar surface area (TPSA) is 24.9 Å². The maximum atomic E-state index is 13.4. The van der Waals surface area contributed by atoms with Crippen molar-refractivity contribution in [3.05, 3.63) is 41.5 Å². The first kappa shape index (κ1) is 14.2. The summed E-state index contributed by atoms with van der Waals surface area (Å²) in [6.07, 6.45) is 12.5. The van der Waals surface area contributed by atoms with Crippen molar-refractivity contribution in [2.75, 3.05) is 6.54 Å². The van der Waals surface area contributed by atoms with E-state index in [2.05, 4.69) is 23.3 Å². The fraction of sp³-hybridized carbons (Fsp3) is 0.562. The molecule has 0 saturated heterocycles. The molecule has 0 spiro atoms. The minimum Gasteiger partial charge on any atom is -0.306 e. The van der Waals surface area contributed by atoms with Crippen LogP contribution in [0.3, 0.4) is 0 Å². The normalized spacial score (nSPS) is 17.7. The Labute approximate surface area is 115 Å². The third-order valence-electron chi connectivity index (χ3n) is 3.60. The largest absolute Gasteiger partial charge is 0.306 e. The van der Waals surface area contributed by atoms with Crippen molar-refractivity contribution in [3.8, 4) is 0 Å². The molecule has 1 aliphatic carbocycles. The Bertz CT molecular complexity index is 429. The van der Waals surface area contributed by atoms with Crippen LogP contribution in [0, 0.1) is 5.82 Å². The number of nitrogens with zero attached hydrogens (tertiary/aromatic N) is 1. The zero-order valence-corrected chi connectivity index (χ0v) is 11.7. The van der Waals surface area contributed by atoms with Gasteiger partial charge in [-0.1, -0.05) is 25.0 Å². The summed E-state index contributed by atoms with van der Waals surface area (Å²) >= 11 is 0. The van der Waals surface area contributed by atoms with Crippen LogP contribution >= 0.6 is 0 Å². The van der Waals surface area contributed by atoms with E-state index in [4.69, 9.17) is 0 Å². The molecule has 1 N–H and O–H groups in total. The van der Waals surface area contributed by atoms with Crippen LogP contribution in [0.1, 0.15) is 57.1 Å². The van der Waals surface area contributed by atoms with Gasteiger partial charge in [0.25, 0.3) is 0 Å². The van der Waals surface area contributed by atoms with Crippen LogP contribution in [-0.2, 0) is 0 Å². The summed E-state index contributed by atoms with van der Waals surface area (Å²) in [5.41, 5.74) is 2.35. The molecular formula is C16H23FN2. The second-order valence-corrected chi connectivity index (χ2v) is 5.20. The Morgan fingerprint density at radius 2 is 2.21 bits per heavy atom. The third kappa shape index (κ3) is 4.13. The van der Waals surface area contributed by atoms with Gasteiger partial charge in [-0.25, -0.2) is 4.39 Å². The van der Waals surface area contributed by atoms with E-state index in [1.165, 1.54) is 31.0 Å². The molecular weight excluding hydrogens is 239 g/mol. The zero-order chi connectivity index (χ0) is 13.5. The summed E-state index contributed by atoms with van der Waals surface area (Å²) in [5.74, 6) is -0.255. The molecule has 1 unspecified atom stereocenters. The molecule has 0 aromatic carbocycles. The zero-order valence-electron chi connectivity index (χ0n) is 11.7. The quantitative estimate of drug-likeness (QED) is 0.806. The fourth-order valence-electron chi connectivity index (χ4n) is 2.64. The lowest BCUT2D eigenvalue weighted by Crippen LogP contribution is -2.24. The van der Waals surface area contributed by atoms with E-state index in [1.807, 2.05) is 0 Å².